The molecule has 0 saturated carbocycles. The van der Waals surface area contributed by atoms with Gasteiger partial charge in [0.05, 0.1) is 31.0 Å². The van der Waals surface area contributed by atoms with Gasteiger partial charge in [-0.25, -0.2) is 0 Å². The first-order valence-corrected chi connectivity index (χ1v) is 7.31. The summed E-state index contributed by atoms with van der Waals surface area (Å²) in [6.07, 6.45) is 2.02. The standard InChI is InChI=1S/C15H17N3O5/c19-14-7-12(23-18-14)15(20)17-11-4-6-21-9-13(11)22-8-10-3-1-2-5-16-10/h1-3,5,7,11,13H,4,6,8-9H2,(H,17,20)(H,18,19)/t11-,13-/m1/s1. The normalized spacial score (nSPS) is 21.0. The fraction of sp³-hybridized carbons (Fsp3) is 0.400. The van der Waals surface area contributed by atoms with Crippen LogP contribution < -0.4 is 10.9 Å². The van der Waals surface area contributed by atoms with Crippen molar-refractivity contribution >= 4 is 5.91 Å². The van der Waals surface area contributed by atoms with Gasteiger partial charge < -0.3 is 19.3 Å². The molecule has 0 radical (unpaired) electrons. The number of amides is 1. The topological polar surface area (TPSA) is 106 Å². The quantitative estimate of drug-likeness (QED) is 0.829. The second-order valence-electron chi connectivity index (χ2n) is 5.19. The molecule has 3 rings (SSSR count). The average molecular weight is 319 g/mol. The highest BCUT2D eigenvalue weighted by molar-refractivity contribution is 5.91. The van der Waals surface area contributed by atoms with E-state index in [1.54, 1.807) is 6.20 Å². The molecule has 0 spiro atoms. The van der Waals surface area contributed by atoms with Crippen LogP contribution in [0.2, 0.25) is 0 Å². The van der Waals surface area contributed by atoms with Gasteiger partial charge >= 0.3 is 0 Å². The van der Waals surface area contributed by atoms with Crippen molar-refractivity contribution in [2.45, 2.75) is 25.2 Å². The zero-order chi connectivity index (χ0) is 16.1. The van der Waals surface area contributed by atoms with Crippen molar-refractivity contribution < 1.29 is 18.8 Å². The SMILES string of the molecule is O=C(N[C@@H]1CCOC[C@H]1OCc1ccccn1)c1cc(=O)[nH]o1. The minimum absolute atomic E-state index is 0.0510. The molecule has 0 aliphatic carbocycles. The fourth-order valence-corrected chi connectivity index (χ4v) is 2.35. The van der Waals surface area contributed by atoms with Crippen LogP contribution in [-0.2, 0) is 16.1 Å². The van der Waals surface area contributed by atoms with Gasteiger partial charge in [0.25, 0.3) is 11.5 Å². The van der Waals surface area contributed by atoms with Gasteiger partial charge in [0.15, 0.2) is 0 Å². The molecule has 0 unspecified atom stereocenters. The Balaban J connectivity index is 1.59. The number of nitrogens with one attached hydrogen (secondary N) is 2. The molecule has 1 saturated heterocycles. The van der Waals surface area contributed by atoms with Crippen molar-refractivity contribution in [3.05, 3.63) is 52.3 Å². The summed E-state index contributed by atoms with van der Waals surface area (Å²) in [6, 6.07) is 6.47. The number of hydrogen-bond acceptors (Lipinski definition) is 6. The highest BCUT2D eigenvalue weighted by Gasteiger charge is 2.29. The summed E-state index contributed by atoms with van der Waals surface area (Å²) in [7, 11) is 0. The summed E-state index contributed by atoms with van der Waals surface area (Å²) in [5, 5.41) is 4.91. The first kappa shape index (κ1) is 15.4. The van der Waals surface area contributed by atoms with Crippen LogP contribution in [0.5, 0.6) is 0 Å². The molecule has 122 valence electrons. The van der Waals surface area contributed by atoms with E-state index in [4.69, 9.17) is 14.0 Å². The van der Waals surface area contributed by atoms with Gasteiger partial charge in [0, 0.05) is 12.8 Å². The van der Waals surface area contributed by atoms with E-state index in [-0.39, 0.29) is 17.9 Å². The van der Waals surface area contributed by atoms with Crippen LogP contribution in [0.3, 0.4) is 0 Å². The van der Waals surface area contributed by atoms with Crippen LogP contribution in [0, 0.1) is 0 Å². The molecular formula is C15H17N3O5. The second kappa shape index (κ2) is 7.21. The molecule has 0 bridgehead atoms. The van der Waals surface area contributed by atoms with Crippen LogP contribution >= 0.6 is 0 Å². The van der Waals surface area contributed by atoms with E-state index < -0.39 is 11.5 Å². The molecule has 1 aliphatic rings. The Bertz CT molecular complexity index is 696. The molecule has 1 amide bonds. The lowest BCUT2D eigenvalue weighted by atomic mass is 10.1. The zero-order valence-electron chi connectivity index (χ0n) is 12.4. The summed E-state index contributed by atoms with van der Waals surface area (Å²) in [4.78, 5) is 27.3. The van der Waals surface area contributed by atoms with E-state index in [0.29, 0.717) is 26.2 Å². The van der Waals surface area contributed by atoms with Crippen molar-refractivity contribution in [2.75, 3.05) is 13.2 Å². The predicted octanol–water partition coefficient (Wildman–Crippen LogP) is 0.467. The molecule has 3 heterocycles. The van der Waals surface area contributed by atoms with E-state index in [0.717, 1.165) is 11.8 Å². The van der Waals surface area contributed by atoms with Crippen molar-refractivity contribution in [2.24, 2.45) is 0 Å². The number of nitrogens with zero attached hydrogens (tertiary/aromatic N) is 1. The molecule has 8 nitrogen and oxygen atoms in total. The Morgan fingerprint density at radius 3 is 3.13 bits per heavy atom. The third kappa shape index (κ3) is 4.05. The Hall–Kier alpha value is -2.45. The lowest BCUT2D eigenvalue weighted by Gasteiger charge is -2.31. The first-order chi connectivity index (χ1) is 11.2. The van der Waals surface area contributed by atoms with Gasteiger partial charge in [-0.05, 0) is 18.6 Å². The zero-order valence-corrected chi connectivity index (χ0v) is 12.4. The molecule has 2 aromatic rings. The van der Waals surface area contributed by atoms with Crippen LogP contribution in [0.15, 0.2) is 39.8 Å². The van der Waals surface area contributed by atoms with Gasteiger partial charge in [0.2, 0.25) is 5.76 Å². The largest absolute Gasteiger partial charge is 0.379 e. The van der Waals surface area contributed by atoms with Crippen LogP contribution in [0.25, 0.3) is 0 Å². The minimum atomic E-state index is -0.457. The lowest BCUT2D eigenvalue weighted by molar-refractivity contribution is -0.0744. The Morgan fingerprint density at radius 2 is 2.39 bits per heavy atom. The van der Waals surface area contributed by atoms with E-state index in [2.05, 4.69) is 15.5 Å². The number of H-pyrrole nitrogens is 1. The third-order valence-electron chi connectivity index (χ3n) is 3.54. The molecule has 2 N–H and O–H groups in total. The Morgan fingerprint density at radius 1 is 1.48 bits per heavy atom. The summed E-state index contributed by atoms with van der Waals surface area (Å²) < 4.78 is 16.0. The maximum absolute atomic E-state index is 12.1. The van der Waals surface area contributed by atoms with Crippen molar-refractivity contribution in [3.8, 4) is 0 Å². The third-order valence-corrected chi connectivity index (χ3v) is 3.54. The number of aromatic nitrogens is 2. The Labute approximate surface area is 131 Å². The molecular weight excluding hydrogens is 302 g/mol. The minimum Gasteiger partial charge on any atom is -0.379 e. The van der Waals surface area contributed by atoms with Crippen LogP contribution in [0.1, 0.15) is 22.7 Å². The van der Waals surface area contributed by atoms with Gasteiger partial charge in [0.1, 0.15) is 6.10 Å². The number of rotatable bonds is 5. The van der Waals surface area contributed by atoms with Crippen molar-refractivity contribution in [1.29, 1.82) is 0 Å². The Kier molecular flexibility index (Phi) is 4.84. The maximum Gasteiger partial charge on any atom is 0.290 e. The molecule has 2 aromatic heterocycles. The smallest absolute Gasteiger partial charge is 0.290 e. The number of aromatic amines is 1. The maximum atomic E-state index is 12.1. The monoisotopic (exact) mass is 319 g/mol. The van der Waals surface area contributed by atoms with E-state index in [1.807, 2.05) is 18.2 Å². The average Bonchev–Trinajstić information content (AvgIpc) is 3.02. The van der Waals surface area contributed by atoms with E-state index >= 15 is 0 Å². The van der Waals surface area contributed by atoms with Crippen LogP contribution in [0.4, 0.5) is 0 Å². The summed E-state index contributed by atoms with van der Waals surface area (Å²) in [5.74, 6) is -0.508. The van der Waals surface area contributed by atoms with Crippen molar-refractivity contribution in [1.82, 2.24) is 15.5 Å². The van der Waals surface area contributed by atoms with E-state index in [9.17, 15) is 9.59 Å². The van der Waals surface area contributed by atoms with Gasteiger partial charge in [-0.1, -0.05) is 6.07 Å². The molecule has 0 aromatic carbocycles. The van der Waals surface area contributed by atoms with Crippen LogP contribution in [-0.4, -0.2) is 41.4 Å². The molecule has 23 heavy (non-hydrogen) atoms. The van der Waals surface area contributed by atoms with Gasteiger partial charge in [-0.2, -0.15) is 5.16 Å². The second-order valence-corrected chi connectivity index (χ2v) is 5.19. The summed E-state index contributed by atoms with van der Waals surface area (Å²) in [6.45, 7) is 1.25. The number of carbonyl (C=O) groups is 1. The number of carbonyl (C=O) groups excluding carboxylic acids is 1. The van der Waals surface area contributed by atoms with Crippen molar-refractivity contribution in [3.63, 3.8) is 0 Å². The highest BCUT2D eigenvalue weighted by Crippen LogP contribution is 2.14. The molecule has 8 heteroatoms. The number of pyridine rings is 1. The predicted molar refractivity (Wildman–Crippen MR) is 78.8 cm³/mol. The summed E-state index contributed by atoms with van der Waals surface area (Å²) >= 11 is 0. The first-order valence-electron chi connectivity index (χ1n) is 7.31. The highest BCUT2D eigenvalue weighted by atomic mass is 16.5. The van der Waals surface area contributed by atoms with Gasteiger partial charge in [-0.15, -0.1) is 0 Å². The fourth-order valence-electron chi connectivity index (χ4n) is 2.35. The number of ether oxygens (including phenoxy) is 2. The molecule has 1 aliphatic heterocycles. The summed E-state index contributed by atoms with van der Waals surface area (Å²) in [5.41, 5.74) is 0.352. The lowest BCUT2D eigenvalue weighted by Crippen LogP contribution is -2.49. The number of hydrogen-bond donors (Lipinski definition) is 2. The molecule has 2 atom stereocenters. The molecule has 1 fully saturated rings. The van der Waals surface area contributed by atoms with E-state index in [1.165, 1.54) is 0 Å². The van der Waals surface area contributed by atoms with Gasteiger partial charge in [-0.3, -0.25) is 14.6 Å².